The number of piperidine rings is 2. The summed E-state index contributed by atoms with van der Waals surface area (Å²) in [6, 6.07) is 17.7. The van der Waals surface area contributed by atoms with Crippen LogP contribution in [0.2, 0.25) is 0 Å². The molecular weight excluding hydrogens is 591 g/mol. The zero-order valence-electron chi connectivity index (χ0n) is 21.2. The fraction of sp³-hybridized carbons (Fsp3) is 0.379. The summed E-state index contributed by atoms with van der Waals surface area (Å²) in [5, 5.41) is 12.2. The first-order valence-corrected chi connectivity index (χ1v) is 14.3. The molecule has 2 unspecified atom stereocenters. The number of rotatable bonds is 7. The highest BCUT2D eigenvalue weighted by Crippen LogP contribution is 2.26. The van der Waals surface area contributed by atoms with Crippen molar-refractivity contribution in [1.82, 2.24) is 20.2 Å². The molecule has 9 heteroatoms. The zero-order chi connectivity index (χ0) is 26.3. The third kappa shape index (κ3) is 6.79. The summed E-state index contributed by atoms with van der Waals surface area (Å²) in [4.78, 5) is 26.2. The van der Waals surface area contributed by atoms with Gasteiger partial charge in [-0.05, 0) is 60.9 Å². The van der Waals surface area contributed by atoms with Gasteiger partial charge in [-0.1, -0.05) is 28.7 Å². The lowest BCUT2D eigenvalue weighted by atomic mass is 10.0. The summed E-state index contributed by atoms with van der Waals surface area (Å²) in [5.74, 6) is 0.552. The molecule has 38 heavy (non-hydrogen) atoms. The molecule has 2 fully saturated rings. The van der Waals surface area contributed by atoms with E-state index in [9.17, 15) is 4.79 Å². The Labute approximate surface area is 237 Å². The van der Waals surface area contributed by atoms with Crippen molar-refractivity contribution in [3.63, 3.8) is 0 Å². The van der Waals surface area contributed by atoms with E-state index in [0.29, 0.717) is 21.1 Å². The molecule has 2 atom stereocenters. The van der Waals surface area contributed by atoms with Gasteiger partial charge in [0.15, 0.2) is 0 Å². The van der Waals surface area contributed by atoms with E-state index in [1.807, 2.05) is 42.6 Å². The fourth-order valence-corrected chi connectivity index (χ4v) is 6.10. The SMILES string of the molecule is N#Cc1ccc(N2CCC(Oc3ccc(C(=O)NC4CCN(Cc5cccnc5)C(I)C4)nc3)CC2)cc1. The van der Waals surface area contributed by atoms with Crippen molar-refractivity contribution in [2.24, 2.45) is 0 Å². The summed E-state index contributed by atoms with van der Waals surface area (Å²) < 4.78 is 6.51. The fourth-order valence-electron chi connectivity index (χ4n) is 5.01. The molecule has 1 aromatic carbocycles. The smallest absolute Gasteiger partial charge is 0.270 e. The van der Waals surface area contributed by atoms with Gasteiger partial charge in [-0.25, -0.2) is 4.98 Å². The van der Waals surface area contributed by atoms with E-state index in [0.717, 1.165) is 57.5 Å². The summed E-state index contributed by atoms with van der Waals surface area (Å²) in [6.45, 7) is 3.59. The first-order chi connectivity index (χ1) is 18.6. The van der Waals surface area contributed by atoms with Crippen LogP contribution in [0.4, 0.5) is 5.69 Å². The van der Waals surface area contributed by atoms with Crippen molar-refractivity contribution in [3.05, 3.63) is 83.9 Å². The van der Waals surface area contributed by atoms with E-state index in [1.165, 1.54) is 5.56 Å². The average Bonchev–Trinajstić information content (AvgIpc) is 2.96. The van der Waals surface area contributed by atoms with Crippen LogP contribution in [0.3, 0.4) is 0 Å². The number of anilines is 1. The molecular formula is C29H31IN6O2. The van der Waals surface area contributed by atoms with Crippen molar-refractivity contribution in [2.75, 3.05) is 24.5 Å². The molecule has 0 saturated carbocycles. The van der Waals surface area contributed by atoms with Crippen LogP contribution in [0.5, 0.6) is 5.75 Å². The van der Waals surface area contributed by atoms with Gasteiger partial charge < -0.3 is 15.0 Å². The summed E-state index contributed by atoms with van der Waals surface area (Å²) in [6.07, 6.45) is 9.09. The highest BCUT2D eigenvalue weighted by Gasteiger charge is 2.28. The topological polar surface area (TPSA) is 94.4 Å². The third-order valence-electron chi connectivity index (χ3n) is 7.16. The number of carbonyl (C=O) groups excluding carboxylic acids is 1. The van der Waals surface area contributed by atoms with Crippen LogP contribution in [0.15, 0.2) is 67.1 Å². The van der Waals surface area contributed by atoms with E-state index in [1.54, 1.807) is 18.5 Å². The highest BCUT2D eigenvalue weighted by molar-refractivity contribution is 14.1. The molecule has 0 radical (unpaired) electrons. The number of alkyl halides is 1. The van der Waals surface area contributed by atoms with Gasteiger partial charge in [-0.15, -0.1) is 0 Å². The minimum Gasteiger partial charge on any atom is -0.489 e. The molecule has 196 valence electrons. The predicted octanol–water partition coefficient (Wildman–Crippen LogP) is 4.55. The first kappa shape index (κ1) is 26.4. The van der Waals surface area contributed by atoms with Crippen molar-refractivity contribution < 1.29 is 9.53 Å². The van der Waals surface area contributed by atoms with Gasteiger partial charge in [0.2, 0.25) is 0 Å². The second-order valence-electron chi connectivity index (χ2n) is 9.80. The summed E-state index contributed by atoms with van der Waals surface area (Å²) >= 11 is 2.47. The number of pyridine rings is 2. The first-order valence-electron chi connectivity index (χ1n) is 13.0. The van der Waals surface area contributed by atoms with Crippen LogP contribution in [-0.2, 0) is 6.54 Å². The molecule has 8 nitrogen and oxygen atoms in total. The maximum Gasteiger partial charge on any atom is 0.270 e. The Morgan fingerprint density at radius 3 is 2.55 bits per heavy atom. The Morgan fingerprint density at radius 1 is 1.08 bits per heavy atom. The molecule has 0 aliphatic carbocycles. The number of aromatic nitrogens is 2. The number of nitrogens with zero attached hydrogens (tertiary/aromatic N) is 5. The maximum atomic E-state index is 12.8. The molecule has 2 aliphatic heterocycles. The normalized spacial score (nSPS) is 20.5. The number of carbonyl (C=O) groups is 1. The van der Waals surface area contributed by atoms with Gasteiger partial charge in [0.1, 0.15) is 17.5 Å². The predicted molar refractivity (Wildman–Crippen MR) is 154 cm³/mol. The number of hydrogen-bond acceptors (Lipinski definition) is 7. The monoisotopic (exact) mass is 622 g/mol. The second kappa shape index (κ2) is 12.5. The molecule has 0 bridgehead atoms. The van der Waals surface area contributed by atoms with E-state index in [-0.39, 0.29) is 18.1 Å². The van der Waals surface area contributed by atoms with Crippen LogP contribution in [-0.4, -0.2) is 56.6 Å². The number of nitriles is 1. The Bertz CT molecular complexity index is 1240. The largest absolute Gasteiger partial charge is 0.489 e. The van der Waals surface area contributed by atoms with Gasteiger partial charge in [0.25, 0.3) is 5.91 Å². The molecule has 2 saturated heterocycles. The van der Waals surface area contributed by atoms with Gasteiger partial charge in [0, 0.05) is 63.1 Å². The van der Waals surface area contributed by atoms with Crippen molar-refractivity contribution in [2.45, 2.75) is 48.4 Å². The van der Waals surface area contributed by atoms with Crippen molar-refractivity contribution >= 4 is 34.2 Å². The Kier molecular flexibility index (Phi) is 8.71. The number of benzene rings is 1. The van der Waals surface area contributed by atoms with Crippen molar-refractivity contribution in [3.8, 4) is 11.8 Å². The summed E-state index contributed by atoms with van der Waals surface area (Å²) in [5.41, 5.74) is 3.43. The van der Waals surface area contributed by atoms with Gasteiger partial charge in [-0.3, -0.25) is 14.7 Å². The number of ether oxygens (including phenoxy) is 1. The number of amides is 1. The van der Waals surface area contributed by atoms with Gasteiger partial charge in [-0.2, -0.15) is 5.26 Å². The second-order valence-corrected chi connectivity index (χ2v) is 11.2. The molecule has 3 aromatic rings. The maximum absolute atomic E-state index is 12.8. The van der Waals surface area contributed by atoms with Crippen LogP contribution in [0.25, 0.3) is 0 Å². The number of likely N-dealkylation sites (tertiary alicyclic amines) is 1. The molecule has 0 spiro atoms. The minimum absolute atomic E-state index is 0.114. The number of halogens is 1. The van der Waals surface area contributed by atoms with Crippen molar-refractivity contribution in [1.29, 1.82) is 5.26 Å². The lowest BCUT2D eigenvalue weighted by molar-refractivity contribution is 0.0899. The minimum atomic E-state index is -0.137. The van der Waals surface area contributed by atoms with Gasteiger partial charge in [0.05, 0.1) is 21.9 Å². The van der Waals surface area contributed by atoms with E-state index in [2.05, 4.69) is 59.8 Å². The molecule has 4 heterocycles. The Balaban J connectivity index is 1.06. The van der Waals surface area contributed by atoms with Crippen LogP contribution >= 0.6 is 22.6 Å². The molecule has 2 aromatic heterocycles. The number of nitrogens with one attached hydrogen (secondary N) is 1. The van der Waals surface area contributed by atoms with E-state index >= 15 is 0 Å². The lowest BCUT2D eigenvalue weighted by Gasteiger charge is -2.36. The standard InChI is InChI=1S/C29H31IN6O2/c30-28-16-23(9-13-36(28)20-22-2-1-12-32-18-22)34-29(37)27-8-7-26(19-33-27)38-25-10-14-35(15-11-25)24-5-3-21(17-31)4-6-24/h1-8,12,18-19,23,25,28H,9-11,13-16,20H2,(H,34,37). The van der Waals surface area contributed by atoms with Crippen LogP contribution in [0.1, 0.15) is 47.3 Å². The van der Waals surface area contributed by atoms with Crippen LogP contribution in [0, 0.1) is 11.3 Å². The molecule has 5 rings (SSSR count). The average molecular weight is 623 g/mol. The van der Waals surface area contributed by atoms with Crippen LogP contribution < -0.4 is 15.0 Å². The van der Waals surface area contributed by atoms with E-state index in [4.69, 9.17) is 10.00 Å². The Morgan fingerprint density at radius 2 is 1.89 bits per heavy atom. The molecule has 1 N–H and O–H groups in total. The zero-order valence-corrected chi connectivity index (χ0v) is 23.3. The van der Waals surface area contributed by atoms with E-state index < -0.39 is 0 Å². The quantitative estimate of drug-likeness (QED) is 0.235. The Hall–Kier alpha value is -3.23. The summed E-state index contributed by atoms with van der Waals surface area (Å²) in [7, 11) is 0. The van der Waals surface area contributed by atoms with Gasteiger partial charge >= 0.3 is 0 Å². The highest BCUT2D eigenvalue weighted by atomic mass is 127. The number of hydrogen-bond donors (Lipinski definition) is 1. The molecule has 1 amide bonds. The third-order valence-corrected chi connectivity index (χ3v) is 8.46. The lowest BCUT2D eigenvalue weighted by Crippen LogP contribution is -2.47. The molecule has 2 aliphatic rings.